The number of nitrogens with zero attached hydrogens (tertiary/aromatic N) is 2. The molecule has 0 saturated heterocycles. The van der Waals surface area contributed by atoms with Crippen molar-refractivity contribution in [2.24, 2.45) is 0 Å². The highest BCUT2D eigenvalue weighted by atomic mass is 79.9. The van der Waals surface area contributed by atoms with Gasteiger partial charge in [-0.05, 0) is 29.6 Å². The van der Waals surface area contributed by atoms with Crippen LogP contribution in [-0.2, 0) is 6.61 Å². The molecule has 2 heterocycles. The van der Waals surface area contributed by atoms with Gasteiger partial charge in [0.25, 0.3) is 0 Å². The predicted molar refractivity (Wildman–Crippen MR) is 90.4 cm³/mol. The van der Waals surface area contributed by atoms with Gasteiger partial charge >= 0.3 is 0 Å². The summed E-state index contributed by atoms with van der Waals surface area (Å²) < 4.78 is 6.61. The molecule has 7 heteroatoms. The van der Waals surface area contributed by atoms with Crippen LogP contribution in [0.1, 0.15) is 5.82 Å². The van der Waals surface area contributed by atoms with Gasteiger partial charge in [0.05, 0.1) is 10.4 Å². The van der Waals surface area contributed by atoms with E-state index in [0.717, 1.165) is 20.5 Å². The summed E-state index contributed by atoms with van der Waals surface area (Å²) in [5.74, 6) is 2.04. The molecule has 4 nitrogen and oxygen atoms in total. The highest BCUT2D eigenvalue weighted by Gasteiger charge is 2.09. The molecule has 0 radical (unpaired) electrons. The summed E-state index contributed by atoms with van der Waals surface area (Å²) in [5, 5.41) is 6.65. The van der Waals surface area contributed by atoms with Gasteiger partial charge < -0.3 is 10.1 Å². The van der Waals surface area contributed by atoms with E-state index in [2.05, 4.69) is 31.2 Å². The highest BCUT2D eigenvalue weighted by molar-refractivity contribution is 9.10. The summed E-state index contributed by atoms with van der Waals surface area (Å²) >= 11 is 11.1. The number of halogens is 2. The second-order valence-electron chi connectivity index (χ2n) is 4.24. The smallest absolute Gasteiger partial charge is 0.169 e. The molecular formula is C14H11BrClN3OS. The second-order valence-corrected chi connectivity index (χ2v) is 6.46. The monoisotopic (exact) mass is 383 g/mol. The van der Waals surface area contributed by atoms with Crippen molar-refractivity contribution in [3.8, 4) is 5.75 Å². The number of fused-ring (bicyclic) bond motifs is 1. The lowest BCUT2D eigenvalue weighted by Gasteiger charge is -2.09. The molecule has 1 N–H and O–H groups in total. The molecule has 2 aromatic heterocycles. The van der Waals surface area contributed by atoms with Gasteiger partial charge in [-0.1, -0.05) is 27.5 Å². The lowest BCUT2D eigenvalue weighted by atomic mass is 10.3. The van der Waals surface area contributed by atoms with Crippen LogP contribution in [0.4, 0.5) is 5.82 Å². The largest absolute Gasteiger partial charge is 0.484 e. The highest BCUT2D eigenvalue weighted by Crippen LogP contribution is 2.29. The maximum absolute atomic E-state index is 6.13. The Kier molecular flexibility index (Phi) is 4.28. The minimum absolute atomic E-state index is 0.268. The summed E-state index contributed by atoms with van der Waals surface area (Å²) in [4.78, 5) is 9.90. The van der Waals surface area contributed by atoms with E-state index in [0.29, 0.717) is 16.6 Å². The Morgan fingerprint density at radius 2 is 2.19 bits per heavy atom. The third-order valence-electron chi connectivity index (χ3n) is 2.86. The molecule has 0 aliphatic heterocycles. The van der Waals surface area contributed by atoms with Crippen molar-refractivity contribution in [2.75, 3.05) is 12.4 Å². The summed E-state index contributed by atoms with van der Waals surface area (Å²) in [6.45, 7) is 0.268. The number of rotatable bonds is 4. The molecule has 0 spiro atoms. The Morgan fingerprint density at radius 1 is 1.33 bits per heavy atom. The molecule has 1 aromatic carbocycles. The molecule has 0 fully saturated rings. The molecular weight excluding hydrogens is 374 g/mol. The number of nitrogens with one attached hydrogen (secondary N) is 1. The normalized spacial score (nSPS) is 10.8. The van der Waals surface area contributed by atoms with Gasteiger partial charge in [-0.3, -0.25) is 0 Å². The number of thiophene rings is 1. The van der Waals surface area contributed by atoms with Crippen LogP contribution < -0.4 is 10.1 Å². The lowest BCUT2D eigenvalue weighted by Crippen LogP contribution is -2.04. The average Bonchev–Trinajstić information content (AvgIpc) is 2.93. The number of aromatic nitrogens is 2. The minimum atomic E-state index is 0.268. The van der Waals surface area contributed by atoms with Crippen LogP contribution in [-0.4, -0.2) is 17.0 Å². The summed E-state index contributed by atoms with van der Waals surface area (Å²) in [6, 6.07) is 7.49. The van der Waals surface area contributed by atoms with Crippen molar-refractivity contribution >= 4 is 54.9 Å². The van der Waals surface area contributed by atoms with Crippen molar-refractivity contribution < 1.29 is 4.74 Å². The Balaban J connectivity index is 1.84. The van der Waals surface area contributed by atoms with Crippen molar-refractivity contribution in [3.63, 3.8) is 0 Å². The number of anilines is 1. The number of ether oxygens (including phenoxy) is 1. The molecule has 3 aromatic rings. The molecule has 0 atom stereocenters. The molecule has 108 valence electrons. The summed E-state index contributed by atoms with van der Waals surface area (Å²) in [6.07, 6.45) is 0. The van der Waals surface area contributed by atoms with Gasteiger partial charge in [-0.25, -0.2) is 9.97 Å². The van der Waals surface area contributed by atoms with Gasteiger partial charge in [0, 0.05) is 11.5 Å². The molecule has 0 aliphatic rings. The minimum Gasteiger partial charge on any atom is -0.484 e. The Bertz CT molecular complexity index is 793. The van der Waals surface area contributed by atoms with E-state index in [1.807, 2.05) is 30.6 Å². The summed E-state index contributed by atoms with van der Waals surface area (Å²) in [5.41, 5.74) is 0. The SMILES string of the molecule is CNc1nc(COc2ccc(Br)cc2Cl)nc2sccc12. The van der Waals surface area contributed by atoms with E-state index in [9.17, 15) is 0 Å². The molecule has 0 bridgehead atoms. The van der Waals surface area contributed by atoms with Gasteiger partial charge in [0.2, 0.25) is 0 Å². The van der Waals surface area contributed by atoms with Crippen LogP contribution in [0.2, 0.25) is 5.02 Å². The van der Waals surface area contributed by atoms with Gasteiger partial charge in [0.15, 0.2) is 5.82 Å². The molecule has 0 aliphatic carbocycles. The lowest BCUT2D eigenvalue weighted by molar-refractivity contribution is 0.297. The van der Waals surface area contributed by atoms with Crippen LogP contribution in [0.3, 0.4) is 0 Å². The fourth-order valence-corrected chi connectivity index (χ4v) is 3.40. The standard InChI is InChI=1S/C14H11BrClN3OS/c1-17-13-9-4-5-21-14(9)19-12(18-13)7-20-11-3-2-8(15)6-10(11)16/h2-6H,7H2,1H3,(H,17,18,19). The fraction of sp³-hybridized carbons (Fsp3) is 0.143. The van der Waals surface area contributed by atoms with E-state index < -0.39 is 0 Å². The van der Waals surface area contributed by atoms with E-state index >= 15 is 0 Å². The van der Waals surface area contributed by atoms with Crippen LogP contribution in [0, 0.1) is 0 Å². The molecule has 0 amide bonds. The first-order valence-electron chi connectivity index (χ1n) is 6.17. The maximum atomic E-state index is 6.13. The molecule has 21 heavy (non-hydrogen) atoms. The Morgan fingerprint density at radius 3 is 2.95 bits per heavy atom. The van der Waals surface area contributed by atoms with E-state index in [1.54, 1.807) is 17.4 Å². The Labute approximate surface area is 139 Å². The van der Waals surface area contributed by atoms with Crippen molar-refractivity contribution in [1.29, 1.82) is 0 Å². The van der Waals surface area contributed by atoms with Crippen molar-refractivity contribution in [1.82, 2.24) is 9.97 Å². The van der Waals surface area contributed by atoms with Crippen molar-refractivity contribution in [2.45, 2.75) is 6.61 Å². The quantitative estimate of drug-likeness (QED) is 0.706. The number of hydrogen-bond acceptors (Lipinski definition) is 5. The predicted octanol–water partition coefficient (Wildman–Crippen LogP) is 4.73. The molecule has 0 saturated carbocycles. The molecule has 0 unspecified atom stereocenters. The van der Waals surface area contributed by atoms with Crippen LogP contribution in [0.5, 0.6) is 5.75 Å². The third-order valence-corrected chi connectivity index (χ3v) is 4.45. The first-order chi connectivity index (χ1) is 10.2. The van der Waals surface area contributed by atoms with Gasteiger partial charge in [-0.2, -0.15) is 0 Å². The zero-order chi connectivity index (χ0) is 14.8. The van der Waals surface area contributed by atoms with E-state index in [-0.39, 0.29) is 6.61 Å². The van der Waals surface area contributed by atoms with Crippen LogP contribution in [0.15, 0.2) is 34.1 Å². The maximum Gasteiger partial charge on any atom is 0.169 e. The van der Waals surface area contributed by atoms with Gasteiger partial charge in [-0.15, -0.1) is 11.3 Å². The zero-order valence-electron chi connectivity index (χ0n) is 11.1. The number of hydrogen-bond donors (Lipinski definition) is 1. The number of benzene rings is 1. The topological polar surface area (TPSA) is 47.0 Å². The Hall–Kier alpha value is -1.37. The first-order valence-corrected chi connectivity index (χ1v) is 8.22. The van der Waals surface area contributed by atoms with E-state index in [1.165, 1.54) is 0 Å². The second kappa shape index (κ2) is 6.17. The van der Waals surface area contributed by atoms with E-state index in [4.69, 9.17) is 16.3 Å². The zero-order valence-corrected chi connectivity index (χ0v) is 14.2. The third kappa shape index (κ3) is 3.12. The van der Waals surface area contributed by atoms with Crippen LogP contribution in [0.25, 0.3) is 10.2 Å². The summed E-state index contributed by atoms with van der Waals surface area (Å²) in [7, 11) is 1.84. The average molecular weight is 385 g/mol. The van der Waals surface area contributed by atoms with Crippen LogP contribution >= 0.6 is 38.9 Å². The molecule has 3 rings (SSSR count). The fourth-order valence-electron chi connectivity index (χ4n) is 1.89. The van der Waals surface area contributed by atoms with Gasteiger partial charge in [0.1, 0.15) is 23.0 Å². The first kappa shape index (κ1) is 14.6. The van der Waals surface area contributed by atoms with Crippen molar-refractivity contribution in [3.05, 3.63) is 45.0 Å².